The van der Waals surface area contributed by atoms with E-state index in [-0.39, 0.29) is 12.2 Å². The molecule has 0 aliphatic rings. The number of carbonyl (C=O) groups is 1. The van der Waals surface area contributed by atoms with E-state index >= 15 is 0 Å². The molecule has 0 saturated heterocycles. The minimum absolute atomic E-state index is 0.00493. The molecule has 112 valence electrons. The number of aliphatic carboxylic acids is 1. The normalized spacial score (nSPS) is 11.0. The van der Waals surface area contributed by atoms with Crippen LogP contribution >= 0.6 is 0 Å². The Balaban J connectivity index is 2.35. The van der Waals surface area contributed by atoms with Gasteiger partial charge in [0.2, 0.25) is 0 Å². The molecule has 1 aromatic heterocycles. The van der Waals surface area contributed by atoms with Gasteiger partial charge in [0.15, 0.2) is 0 Å². The number of aryl methyl sites for hydroxylation is 1. The largest absolute Gasteiger partial charge is 0.550 e. The van der Waals surface area contributed by atoms with Crippen molar-refractivity contribution in [1.29, 1.82) is 0 Å². The van der Waals surface area contributed by atoms with E-state index in [9.17, 15) is 14.3 Å². The zero-order valence-electron chi connectivity index (χ0n) is 12.3. The number of hydrogen-bond donors (Lipinski definition) is 0. The highest BCUT2D eigenvalue weighted by Gasteiger charge is 2.11. The first kappa shape index (κ1) is 15.3. The van der Waals surface area contributed by atoms with Crippen LogP contribution in [0, 0.1) is 11.7 Å². The maximum atomic E-state index is 13.0. The van der Waals surface area contributed by atoms with Crippen LogP contribution in [0.4, 0.5) is 4.39 Å². The molecule has 2 rings (SSSR count). The topological polar surface area (TPSA) is 45.1 Å². The fraction of sp³-hybridized carbons (Fsp3) is 0.353. The molecule has 3 nitrogen and oxygen atoms in total. The molecule has 0 N–H and O–H groups in total. The minimum Gasteiger partial charge on any atom is -0.550 e. The standard InChI is InChI=1S/C17H20FNO2/c1-12(2)11-19-15(8-10-17(20)21)7-9-16(19)13-3-5-14(18)6-4-13/h3-7,9,12H,8,10-11H2,1-2H3,(H,20,21)/p-1. The van der Waals surface area contributed by atoms with Gasteiger partial charge in [0.25, 0.3) is 0 Å². The maximum absolute atomic E-state index is 13.0. The van der Waals surface area contributed by atoms with Crippen molar-refractivity contribution in [3.63, 3.8) is 0 Å². The minimum atomic E-state index is -1.05. The highest BCUT2D eigenvalue weighted by atomic mass is 19.1. The Hall–Kier alpha value is -2.10. The van der Waals surface area contributed by atoms with Crippen molar-refractivity contribution in [2.75, 3.05) is 0 Å². The van der Waals surface area contributed by atoms with E-state index in [1.807, 2.05) is 12.1 Å². The zero-order valence-corrected chi connectivity index (χ0v) is 12.3. The molecule has 1 aromatic carbocycles. The molecule has 0 spiro atoms. The Bertz CT molecular complexity index is 614. The van der Waals surface area contributed by atoms with E-state index in [2.05, 4.69) is 18.4 Å². The molecule has 0 fully saturated rings. The lowest BCUT2D eigenvalue weighted by Gasteiger charge is -2.16. The number of benzene rings is 1. The van der Waals surface area contributed by atoms with Crippen molar-refractivity contribution >= 4 is 5.97 Å². The van der Waals surface area contributed by atoms with Gasteiger partial charge in [-0.05, 0) is 60.7 Å². The average molecular weight is 288 g/mol. The molecule has 0 radical (unpaired) electrons. The molecule has 0 amide bonds. The van der Waals surface area contributed by atoms with Crippen molar-refractivity contribution in [1.82, 2.24) is 4.57 Å². The van der Waals surface area contributed by atoms with Gasteiger partial charge in [-0.3, -0.25) is 0 Å². The fourth-order valence-corrected chi connectivity index (χ4v) is 2.41. The Morgan fingerprint density at radius 1 is 1.19 bits per heavy atom. The summed E-state index contributed by atoms with van der Waals surface area (Å²) in [6, 6.07) is 10.2. The molecule has 0 aliphatic heterocycles. The zero-order chi connectivity index (χ0) is 15.4. The first-order valence-corrected chi connectivity index (χ1v) is 7.11. The monoisotopic (exact) mass is 288 g/mol. The summed E-state index contributed by atoms with van der Waals surface area (Å²) >= 11 is 0. The average Bonchev–Trinajstić information content (AvgIpc) is 2.79. The summed E-state index contributed by atoms with van der Waals surface area (Å²) < 4.78 is 15.2. The Morgan fingerprint density at radius 3 is 2.43 bits per heavy atom. The highest BCUT2D eigenvalue weighted by Crippen LogP contribution is 2.25. The lowest BCUT2D eigenvalue weighted by molar-refractivity contribution is -0.305. The number of hydrogen-bond acceptors (Lipinski definition) is 2. The maximum Gasteiger partial charge on any atom is 0.123 e. The van der Waals surface area contributed by atoms with Gasteiger partial charge in [-0.2, -0.15) is 0 Å². The van der Waals surface area contributed by atoms with Crippen LogP contribution in [0.1, 0.15) is 26.0 Å². The van der Waals surface area contributed by atoms with E-state index in [1.165, 1.54) is 12.1 Å². The molecule has 0 saturated carbocycles. The van der Waals surface area contributed by atoms with Gasteiger partial charge in [-0.25, -0.2) is 4.39 Å². The summed E-state index contributed by atoms with van der Waals surface area (Å²) in [7, 11) is 0. The van der Waals surface area contributed by atoms with Crippen LogP contribution in [-0.4, -0.2) is 10.5 Å². The number of nitrogens with zero attached hydrogens (tertiary/aromatic N) is 1. The number of carboxylic acids is 1. The van der Waals surface area contributed by atoms with Crippen LogP contribution in [0.3, 0.4) is 0 Å². The van der Waals surface area contributed by atoms with Gasteiger partial charge in [0.1, 0.15) is 5.82 Å². The van der Waals surface area contributed by atoms with E-state index in [0.29, 0.717) is 12.3 Å². The first-order chi connectivity index (χ1) is 9.97. The lowest BCUT2D eigenvalue weighted by atomic mass is 10.1. The summed E-state index contributed by atoms with van der Waals surface area (Å²) in [6.07, 6.45) is 0.446. The van der Waals surface area contributed by atoms with Crippen molar-refractivity contribution in [2.45, 2.75) is 33.2 Å². The van der Waals surface area contributed by atoms with Gasteiger partial charge >= 0.3 is 0 Å². The van der Waals surface area contributed by atoms with Crippen molar-refractivity contribution in [3.8, 4) is 11.3 Å². The van der Waals surface area contributed by atoms with Gasteiger partial charge in [0, 0.05) is 23.9 Å². The molecule has 4 heteroatoms. The summed E-state index contributed by atoms with van der Waals surface area (Å²) in [6.45, 7) is 5.01. The molecule has 2 aromatic rings. The summed E-state index contributed by atoms with van der Waals surface area (Å²) in [5, 5.41) is 10.7. The number of carboxylic acid groups (broad SMARTS) is 1. The van der Waals surface area contributed by atoms with E-state index in [4.69, 9.17) is 0 Å². The summed E-state index contributed by atoms with van der Waals surface area (Å²) in [4.78, 5) is 10.7. The van der Waals surface area contributed by atoms with Crippen LogP contribution in [-0.2, 0) is 17.8 Å². The quantitative estimate of drug-likeness (QED) is 0.820. The number of halogens is 1. The van der Waals surface area contributed by atoms with Gasteiger partial charge in [0.05, 0.1) is 0 Å². The number of aromatic nitrogens is 1. The SMILES string of the molecule is CC(C)Cn1c(CCC(=O)[O-])ccc1-c1ccc(F)cc1. The molecule has 1 heterocycles. The number of carbonyl (C=O) groups excluding carboxylic acids is 1. The van der Waals surface area contributed by atoms with E-state index < -0.39 is 5.97 Å². The Labute approximate surface area is 124 Å². The molecule has 0 atom stereocenters. The highest BCUT2D eigenvalue weighted by molar-refractivity contribution is 5.65. The van der Waals surface area contributed by atoms with Crippen LogP contribution in [0.2, 0.25) is 0 Å². The third-order valence-electron chi connectivity index (χ3n) is 3.34. The van der Waals surface area contributed by atoms with Crippen LogP contribution in [0.15, 0.2) is 36.4 Å². The summed E-state index contributed by atoms with van der Waals surface area (Å²) in [5.74, 6) is -0.883. The van der Waals surface area contributed by atoms with Crippen molar-refractivity contribution in [2.24, 2.45) is 5.92 Å². The third-order valence-corrected chi connectivity index (χ3v) is 3.34. The lowest BCUT2D eigenvalue weighted by Crippen LogP contribution is -2.23. The van der Waals surface area contributed by atoms with E-state index in [1.54, 1.807) is 12.1 Å². The second-order valence-electron chi connectivity index (χ2n) is 5.59. The Morgan fingerprint density at radius 2 is 1.86 bits per heavy atom. The van der Waals surface area contributed by atoms with Crippen LogP contribution < -0.4 is 5.11 Å². The smallest absolute Gasteiger partial charge is 0.123 e. The molecule has 0 unspecified atom stereocenters. The van der Waals surface area contributed by atoms with Crippen LogP contribution in [0.25, 0.3) is 11.3 Å². The molecular formula is C17H19FNO2-. The first-order valence-electron chi connectivity index (χ1n) is 7.11. The van der Waals surface area contributed by atoms with Crippen molar-refractivity contribution < 1.29 is 14.3 Å². The molecular weight excluding hydrogens is 269 g/mol. The van der Waals surface area contributed by atoms with Crippen LogP contribution in [0.5, 0.6) is 0 Å². The summed E-state index contributed by atoms with van der Waals surface area (Å²) in [5.41, 5.74) is 2.88. The fourth-order valence-electron chi connectivity index (χ4n) is 2.41. The second-order valence-corrected chi connectivity index (χ2v) is 5.59. The molecule has 21 heavy (non-hydrogen) atoms. The number of rotatable bonds is 6. The van der Waals surface area contributed by atoms with Gasteiger partial charge in [-0.1, -0.05) is 13.8 Å². The molecule has 0 bridgehead atoms. The van der Waals surface area contributed by atoms with Gasteiger partial charge < -0.3 is 14.5 Å². The van der Waals surface area contributed by atoms with Gasteiger partial charge in [-0.15, -0.1) is 0 Å². The predicted molar refractivity (Wildman–Crippen MR) is 78.0 cm³/mol. The van der Waals surface area contributed by atoms with E-state index in [0.717, 1.165) is 23.5 Å². The third kappa shape index (κ3) is 3.94. The predicted octanol–water partition coefficient (Wildman–Crippen LogP) is 2.63. The van der Waals surface area contributed by atoms with Crippen molar-refractivity contribution in [3.05, 3.63) is 47.9 Å². The Kier molecular flexibility index (Phi) is 4.78. The molecule has 0 aliphatic carbocycles. The second kappa shape index (κ2) is 6.57.